The van der Waals surface area contributed by atoms with Gasteiger partial charge in [0.25, 0.3) is 0 Å². The molecule has 0 aromatic carbocycles. The highest BCUT2D eigenvalue weighted by Crippen LogP contribution is 2.42. The van der Waals surface area contributed by atoms with E-state index in [9.17, 15) is 0 Å². The third kappa shape index (κ3) is 3.43. The van der Waals surface area contributed by atoms with Crippen molar-refractivity contribution in [1.82, 2.24) is 4.98 Å². The Morgan fingerprint density at radius 1 is 1.21 bits per heavy atom. The number of nitrogens with zero attached hydrogens (tertiary/aromatic N) is 1. The van der Waals surface area contributed by atoms with E-state index >= 15 is 0 Å². The molecule has 2 aliphatic rings. The second-order valence-electron chi connectivity index (χ2n) is 8.82. The molecule has 0 saturated carbocycles. The van der Waals surface area contributed by atoms with Gasteiger partial charge < -0.3 is 0 Å². The van der Waals surface area contributed by atoms with Crippen LogP contribution in [0.25, 0.3) is 6.08 Å². The van der Waals surface area contributed by atoms with E-state index in [1.54, 1.807) is 0 Å². The van der Waals surface area contributed by atoms with Gasteiger partial charge in [-0.3, -0.25) is 4.98 Å². The molecule has 0 aliphatic heterocycles. The van der Waals surface area contributed by atoms with Gasteiger partial charge in [0.05, 0.1) is 5.69 Å². The number of fused-ring (bicyclic) bond motifs is 1. The lowest BCUT2D eigenvalue weighted by Gasteiger charge is -2.39. The summed E-state index contributed by atoms with van der Waals surface area (Å²) in [4.78, 5) is 4.63. The molecule has 0 fully saturated rings. The quantitative estimate of drug-likeness (QED) is 0.621. The molecule has 2 aliphatic carbocycles. The van der Waals surface area contributed by atoms with Gasteiger partial charge in [0.1, 0.15) is 0 Å². The SMILES string of the molecule is CC(C)(C)C(C)(C)C[B]C1=CCCC(C2C=Cc3cccnc32)=C1. The van der Waals surface area contributed by atoms with Crippen molar-refractivity contribution in [2.45, 2.75) is 59.7 Å². The van der Waals surface area contributed by atoms with Crippen LogP contribution in [-0.2, 0) is 0 Å². The van der Waals surface area contributed by atoms with Gasteiger partial charge in [0.15, 0.2) is 7.28 Å². The number of allylic oxidation sites excluding steroid dienone is 5. The lowest BCUT2D eigenvalue weighted by Crippen LogP contribution is -2.30. The third-order valence-corrected chi connectivity index (χ3v) is 6.08. The monoisotopic (exact) mass is 318 g/mol. The highest BCUT2D eigenvalue weighted by atomic mass is 14.7. The van der Waals surface area contributed by atoms with Crippen LogP contribution in [0, 0.1) is 10.8 Å². The molecule has 0 spiro atoms. The van der Waals surface area contributed by atoms with Crippen molar-refractivity contribution >= 4 is 13.4 Å². The highest BCUT2D eigenvalue weighted by molar-refractivity contribution is 6.46. The van der Waals surface area contributed by atoms with Crippen LogP contribution in [0.4, 0.5) is 0 Å². The number of hydrogen-bond acceptors (Lipinski definition) is 1. The molecule has 3 rings (SSSR count). The molecule has 1 unspecified atom stereocenters. The molecule has 1 heterocycles. The molecule has 1 nitrogen and oxygen atoms in total. The van der Waals surface area contributed by atoms with Crippen LogP contribution in [0.3, 0.4) is 0 Å². The van der Waals surface area contributed by atoms with Gasteiger partial charge in [-0.25, -0.2) is 0 Å². The topological polar surface area (TPSA) is 12.9 Å². The number of aromatic nitrogens is 1. The van der Waals surface area contributed by atoms with E-state index in [1.807, 2.05) is 12.3 Å². The van der Waals surface area contributed by atoms with E-state index in [4.69, 9.17) is 0 Å². The number of pyridine rings is 1. The van der Waals surface area contributed by atoms with Crippen LogP contribution in [0.2, 0.25) is 6.32 Å². The van der Waals surface area contributed by atoms with Crippen molar-refractivity contribution in [2.75, 3.05) is 0 Å². The first kappa shape index (κ1) is 17.3. The molecule has 125 valence electrons. The zero-order valence-corrected chi connectivity index (χ0v) is 15.8. The van der Waals surface area contributed by atoms with E-state index in [-0.39, 0.29) is 0 Å². The standard InChI is InChI=1S/C22H29BN/c1-21(2,3)22(4,5)15-23-18-10-6-8-17(14-18)19-12-11-16-9-7-13-24-20(16)19/h7,9-14,19H,6,8,15H2,1-5H3. The lowest BCUT2D eigenvalue weighted by atomic mass is 9.52. The minimum Gasteiger partial charge on any atom is -0.260 e. The van der Waals surface area contributed by atoms with Crippen molar-refractivity contribution in [3.05, 3.63) is 58.9 Å². The Kier molecular flexibility index (Phi) is 4.59. The van der Waals surface area contributed by atoms with Gasteiger partial charge in [-0.05, 0) is 35.3 Å². The fourth-order valence-corrected chi connectivity index (χ4v) is 3.24. The van der Waals surface area contributed by atoms with Gasteiger partial charge >= 0.3 is 0 Å². The molecule has 0 N–H and O–H groups in total. The summed E-state index contributed by atoms with van der Waals surface area (Å²) in [6, 6.07) is 4.19. The molecule has 0 bridgehead atoms. The van der Waals surface area contributed by atoms with Crippen LogP contribution >= 0.6 is 0 Å². The second-order valence-corrected chi connectivity index (χ2v) is 8.82. The summed E-state index contributed by atoms with van der Waals surface area (Å²) in [6.07, 6.45) is 14.6. The lowest BCUT2D eigenvalue weighted by molar-refractivity contribution is 0.156. The molecule has 2 heteroatoms. The van der Waals surface area contributed by atoms with Crippen molar-refractivity contribution in [2.24, 2.45) is 10.8 Å². The first-order valence-corrected chi connectivity index (χ1v) is 9.15. The Morgan fingerprint density at radius 2 is 2.00 bits per heavy atom. The summed E-state index contributed by atoms with van der Waals surface area (Å²) in [5.41, 5.74) is 6.00. The van der Waals surface area contributed by atoms with Gasteiger partial charge in [-0.1, -0.05) is 82.4 Å². The molecule has 0 saturated heterocycles. The predicted molar refractivity (Wildman–Crippen MR) is 105 cm³/mol. The number of rotatable bonds is 4. The molecule has 1 aromatic heterocycles. The van der Waals surface area contributed by atoms with Crippen molar-refractivity contribution < 1.29 is 0 Å². The van der Waals surface area contributed by atoms with Gasteiger partial charge in [0, 0.05) is 12.1 Å². The minimum atomic E-state index is 0.292. The molecular formula is C22H29BN. The maximum atomic E-state index is 4.63. The van der Waals surface area contributed by atoms with E-state index in [0.717, 1.165) is 19.2 Å². The van der Waals surface area contributed by atoms with Crippen LogP contribution in [0.15, 0.2) is 47.6 Å². The van der Waals surface area contributed by atoms with Crippen LogP contribution in [0.5, 0.6) is 0 Å². The molecule has 1 aromatic rings. The first-order chi connectivity index (χ1) is 11.3. The van der Waals surface area contributed by atoms with Gasteiger partial charge in [-0.15, -0.1) is 0 Å². The summed E-state index contributed by atoms with van der Waals surface area (Å²) >= 11 is 0. The Bertz CT molecular complexity index is 701. The van der Waals surface area contributed by atoms with E-state index < -0.39 is 0 Å². The average molecular weight is 318 g/mol. The van der Waals surface area contributed by atoms with Gasteiger partial charge in [-0.2, -0.15) is 0 Å². The van der Waals surface area contributed by atoms with Crippen LogP contribution in [-0.4, -0.2) is 12.3 Å². The Morgan fingerprint density at radius 3 is 2.75 bits per heavy atom. The Labute approximate surface area is 148 Å². The average Bonchev–Trinajstić information content (AvgIpc) is 2.96. The van der Waals surface area contributed by atoms with Gasteiger partial charge in [0.2, 0.25) is 0 Å². The summed E-state index contributed by atoms with van der Waals surface area (Å²) < 4.78 is 0. The summed E-state index contributed by atoms with van der Waals surface area (Å²) in [5, 5.41) is 0. The Hall–Kier alpha value is -1.57. The normalized spacial score (nSPS) is 20.5. The minimum absolute atomic E-state index is 0.292. The zero-order chi connectivity index (χ0) is 17.4. The molecule has 0 amide bonds. The van der Waals surface area contributed by atoms with E-state index in [1.165, 1.54) is 22.3 Å². The zero-order valence-electron chi connectivity index (χ0n) is 15.8. The van der Waals surface area contributed by atoms with Crippen molar-refractivity contribution in [1.29, 1.82) is 0 Å². The van der Waals surface area contributed by atoms with Crippen molar-refractivity contribution in [3.63, 3.8) is 0 Å². The molecule has 1 atom stereocenters. The molecular weight excluding hydrogens is 289 g/mol. The first-order valence-electron chi connectivity index (χ1n) is 9.15. The van der Waals surface area contributed by atoms with E-state index in [2.05, 4.69) is 77.3 Å². The molecule has 24 heavy (non-hydrogen) atoms. The fourth-order valence-electron chi connectivity index (χ4n) is 3.24. The maximum absolute atomic E-state index is 4.63. The Balaban J connectivity index is 1.72. The fraction of sp³-hybridized carbons (Fsp3) is 0.500. The van der Waals surface area contributed by atoms with E-state index in [0.29, 0.717) is 16.7 Å². The second kappa shape index (κ2) is 6.39. The maximum Gasteiger partial charge on any atom is 0.151 e. The molecule has 1 radical (unpaired) electrons. The highest BCUT2D eigenvalue weighted by Gasteiger charge is 2.32. The third-order valence-electron chi connectivity index (χ3n) is 6.08. The predicted octanol–water partition coefficient (Wildman–Crippen LogP) is 5.99. The number of hydrogen-bond donors (Lipinski definition) is 0. The largest absolute Gasteiger partial charge is 0.260 e. The summed E-state index contributed by atoms with van der Waals surface area (Å²) in [6.45, 7) is 11.8. The van der Waals surface area contributed by atoms with Crippen LogP contribution < -0.4 is 0 Å². The summed E-state index contributed by atoms with van der Waals surface area (Å²) in [7, 11) is 2.43. The van der Waals surface area contributed by atoms with Crippen molar-refractivity contribution in [3.8, 4) is 0 Å². The van der Waals surface area contributed by atoms with Crippen LogP contribution in [0.1, 0.15) is 64.6 Å². The smallest absolute Gasteiger partial charge is 0.151 e. The summed E-state index contributed by atoms with van der Waals surface area (Å²) in [5.74, 6) is 0.369.